The minimum atomic E-state index is 0.406. The molecule has 18 heavy (non-hydrogen) atoms. The van der Waals surface area contributed by atoms with Crippen molar-refractivity contribution in [2.45, 2.75) is 20.3 Å². The summed E-state index contributed by atoms with van der Waals surface area (Å²) in [4.78, 5) is 0. The highest BCUT2D eigenvalue weighted by Gasteiger charge is 2.15. The number of aromatic nitrogens is 3. The van der Waals surface area contributed by atoms with Crippen molar-refractivity contribution in [2.24, 2.45) is 5.92 Å². The molecule has 0 bridgehead atoms. The molecule has 1 aromatic carbocycles. The molecule has 1 heterocycles. The first kappa shape index (κ1) is 12.8. The highest BCUT2D eigenvalue weighted by atomic mass is 79.9. The van der Waals surface area contributed by atoms with E-state index in [0.29, 0.717) is 11.6 Å². The van der Waals surface area contributed by atoms with Gasteiger partial charge in [0.25, 0.3) is 0 Å². The Morgan fingerprint density at radius 3 is 2.83 bits per heavy atom. The second-order valence-electron chi connectivity index (χ2n) is 4.49. The fraction of sp³-hybridized carbons (Fsp3) is 0.308. The Kier molecular flexibility index (Phi) is 3.78. The van der Waals surface area contributed by atoms with Crippen molar-refractivity contribution < 1.29 is 0 Å². The van der Waals surface area contributed by atoms with Gasteiger partial charge in [-0.3, -0.25) is 0 Å². The van der Waals surface area contributed by atoms with Gasteiger partial charge in [0.2, 0.25) is 0 Å². The molecule has 2 aromatic rings. The van der Waals surface area contributed by atoms with E-state index in [1.165, 1.54) is 0 Å². The SMILES string of the molecule is CC(C)Cc1c(C#N)nnn1-c1cccc(Br)c1. The lowest BCUT2D eigenvalue weighted by atomic mass is 10.1. The molecular formula is C13H13BrN4. The van der Waals surface area contributed by atoms with Crippen LogP contribution >= 0.6 is 15.9 Å². The first-order chi connectivity index (χ1) is 8.61. The highest BCUT2D eigenvalue weighted by molar-refractivity contribution is 9.10. The minimum Gasteiger partial charge on any atom is -0.216 e. The van der Waals surface area contributed by atoms with Crippen molar-refractivity contribution in [2.75, 3.05) is 0 Å². The smallest absolute Gasteiger partial charge is 0.186 e. The molecule has 0 saturated heterocycles. The van der Waals surface area contributed by atoms with Gasteiger partial charge < -0.3 is 0 Å². The summed E-state index contributed by atoms with van der Waals surface area (Å²) in [5.74, 6) is 0.446. The normalized spacial score (nSPS) is 10.6. The van der Waals surface area contributed by atoms with Gasteiger partial charge in [0.1, 0.15) is 6.07 Å². The standard InChI is InChI=1S/C13H13BrN4/c1-9(2)6-13-12(8-15)16-17-18(13)11-5-3-4-10(14)7-11/h3-5,7,9H,6H2,1-2H3. The summed E-state index contributed by atoms with van der Waals surface area (Å²) in [6.07, 6.45) is 0.780. The van der Waals surface area contributed by atoms with Gasteiger partial charge in [-0.15, -0.1) is 5.10 Å². The topological polar surface area (TPSA) is 54.5 Å². The van der Waals surface area contributed by atoms with Crippen molar-refractivity contribution >= 4 is 15.9 Å². The van der Waals surface area contributed by atoms with E-state index in [1.54, 1.807) is 4.68 Å². The molecule has 0 saturated carbocycles. The number of halogens is 1. The quantitative estimate of drug-likeness (QED) is 0.875. The lowest BCUT2D eigenvalue weighted by Gasteiger charge is -2.08. The van der Waals surface area contributed by atoms with Crippen LogP contribution in [0.3, 0.4) is 0 Å². The zero-order chi connectivity index (χ0) is 13.1. The van der Waals surface area contributed by atoms with E-state index in [4.69, 9.17) is 5.26 Å². The van der Waals surface area contributed by atoms with Gasteiger partial charge >= 0.3 is 0 Å². The largest absolute Gasteiger partial charge is 0.216 e. The maximum Gasteiger partial charge on any atom is 0.186 e. The second kappa shape index (κ2) is 5.32. The summed E-state index contributed by atoms with van der Waals surface area (Å²) < 4.78 is 2.72. The number of nitriles is 1. The van der Waals surface area contributed by atoms with Gasteiger partial charge in [0.15, 0.2) is 5.69 Å². The van der Waals surface area contributed by atoms with Crippen LogP contribution in [0.5, 0.6) is 0 Å². The molecule has 0 amide bonds. The molecule has 0 radical (unpaired) electrons. The van der Waals surface area contributed by atoms with Crippen LogP contribution in [0.2, 0.25) is 0 Å². The Balaban J connectivity index is 2.51. The molecule has 5 heteroatoms. The predicted molar refractivity (Wildman–Crippen MR) is 72.3 cm³/mol. The third-order valence-corrected chi connectivity index (χ3v) is 3.02. The number of rotatable bonds is 3. The van der Waals surface area contributed by atoms with Crippen LogP contribution in [-0.4, -0.2) is 15.0 Å². The van der Waals surface area contributed by atoms with E-state index in [9.17, 15) is 0 Å². The van der Waals surface area contributed by atoms with Crippen molar-refractivity contribution in [1.82, 2.24) is 15.0 Å². The molecule has 0 aliphatic carbocycles. The zero-order valence-electron chi connectivity index (χ0n) is 10.3. The van der Waals surface area contributed by atoms with Crippen LogP contribution in [0.15, 0.2) is 28.7 Å². The molecule has 1 aromatic heterocycles. The van der Waals surface area contributed by atoms with Gasteiger partial charge in [0.05, 0.1) is 11.4 Å². The fourth-order valence-electron chi connectivity index (χ4n) is 1.77. The summed E-state index contributed by atoms with van der Waals surface area (Å²) in [5.41, 5.74) is 2.18. The molecule has 0 aliphatic heterocycles. The maximum absolute atomic E-state index is 9.07. The molecular weight excluding hydrogens is 292 g/mol. The van der Waals surface area contributed by atoms with Crippen LogP contribution in [-0.2, 0) is 6.42 Å². The molecule has 2 rings (SSSR count). The van der Waals surface area contributed by atoms with E-state index in [-0.39, 0.29) is 0 Å². The average molecular weight is 305 g/mol. The third kappa shape index (κ3) is 2.59. The molecule has 0 spiro atoms. The van der Waals surface area contributed by atoms with Crippen LogP contribution in [0.1, 0.15) is 25.2 Å². The lowest BCUT2D eigenvalue weighted by molar-refractivity contribution is 0.613. The van der Waals surface area contributed by atoms with Crippen LogP contribution in [0.4, 0.5) is 0 Å². The average Bonchev–Trinajstić information content (AvgIpc) is 2.71. The Labute approximate surface area is 114 Å². The third-order valence-electron chi connectivity index (χ3n) is 2.52. The van der Waals surface area contributed by atoms with Crippen LogP contribution in [0.25, 0.3) is 5.69 Å². The van der Waals surface area contributed by atoms with Gasteiger partial charge in [-0.25, -0.2) is 4.68 Å². The van der Waals surface area contributed by atoms with E-state index in [1.807, 2.05) is 24.3 Å². The molecule has 0 N–H and O–H groups in total. The first-order valence-corrected chi connectivity index (χ1v) is 6.51. The Morgan fingerprint density at radius 2 is 2.22 bits per heavy atom. The maximum atomic E-state index is 9.07. The number of benzene rings is 1. The van der Waals surface area contributed by atoms with Gasteiger partial charge in [-0.1, -0.05) is 41.1 Å². The van der Waals surface area contributed by atoms with Crippen molar-refractivity contribution in [1.29, 1.82) is 5.26 Å². The Morgan fingerprint density at radius 1 is 1.44 bits per heavy atom. The Bertz CT molecular complexity index is 595. The molecule has 0 fully saturated rings. The fourth-order valence-corrected chi connectivity index (χ4v) is 2.16. The van der Waals surface area contributed by atoms with Gasteiger partial charge in [0, 0.05) is 4.47 Å². The monoisotopic (exact) mass is 304 g/mol. The second-order valence-corrected chi connectivity index (χ2v) is 5.40. The van der Waals surface area contributed by atoms with Crippen molar-refractivity contribution in [3.05, 3.63) is 40.1 Å². The summed E-state index contributed by atoms with van der Waals surface area (Å²) in [6, 6.07) is 9.90. The summed E-state index contributed by atoms with van der Waals surface area (Å²) in [6.45, 7) is 4.22. The lowest BCUT2D eigenvalue weighted by Crippen LogP contribution is -2.06. The van der Waals surface area contributed by atoms with E-state index in [0.717, 1.165) is 22.3 Å². The van der Waals surface area contributed by atoms with E-state index in [2.05, 4.69) is 46.2 Å². The summed E-state index contributed by atoms with van der Waals surface area (Å²) >= 11 is 3.43. The minimum absolute atomic E-state index is 0.406. The Hall–Kier alpha value is -1.67. The molecule has 4 nitrogen and oxygen atoms in total. The van der Waals surface area contributed by atoms with Gasteiger partial charge in [-0.2, -0.15) is 5.26 Å². The molecule has 92 valence electrons. The molecule has 0 unspecified atom stereocenters. The molecule has 0 aliphatic rings. The van der Waals surface area contributed by atoms with Crippen LogP contribution < -0.4 is 0 Å². The molecule has 0 atom stereocenters. The summed E-state index contributed by atoms with van der Waals surface area (Å²) in [7, 11) is 0. The predicted octanol–water partition coefficient (Wildman–Crippen LogP) is 3.10. The summed E-state index contributed by atoms with van der Waals surface area (Å²) in [5, 5.41) is 17.1. The number of nitrogens with zero attached hydrogens (tertiary/aromatic N) is 4. The van der Waals surface area contributed by atoms with E-state index >= 15 is 0 Å². The highest BCUT2D eigenvalue weighted by Crippen LogP contribution is 2.19. The van der Waals surface area contributed by atoms with Gasteiger partial charge in [-0.05, 0) is 30.5 Å². The number of hydrogen-bond acceptors (Lipinski definition) is 3. The number of hydrogen-bond donors (Lipinski definition) is 0. The van der Waals surface area contributed by atoms with E-state index < -0.39 is 0 Å². The van der Waals surface area contributed by atoms with Crippen molar-refractivity contribution in [3.63, 3.8) is 0 Å². The zero-order valence-corrected chi connectivity index (χ0v) is 11.8. The van der Waals surface area contributed by atoms with Crippen molar-refractivity contribution in [3.8, 4) is 11.8 Å². The van der Waals surface area contributed by atoms with Crippen LogP contribution in [0, 0.1) is 17.2 Å². The first-order valence-electron chi connectivity index (χ1n) is 5.72.